The van der Waals surface area contributed by atoms with E-state index in [1.165, 1.54) is 16.7 Å². The largest absolute Gasteiger partial charge is 0.493 e. The molecule has 0 aromatic heterocycles. The van der Waals surface area contributed by atoms with Crippen LogP contribution in [0.3, 0.4) is 0 Å². The van der Waals surface area contributed by atoms with E-state index in [9.17, 15) is 5.26 Å². The number of fused-ring (bicyclic) bond motifs is 1. The van der Waals surface area contributed by atoms with Gasteiger partial charge in [0.25, 0.3) is 0 Å². The Morgan fingerprint density at radius 2 is 1.54 bits per heavy atom. The Kier molecular flexibility index (Phi) is 8.86. The van der Waals surface area contributed by atoms with Gasteiger partial charge in [-0.3, -0.25) is 4.90 Å². The first-order valence-electron chi connectivity index (χ1n) is 12.3. The van der Waals surface area contributed by atoms with Gasteiger partial charge in [0, 0.05) is 18.0 Å². The van der Waals surface area contributed by atoms with Crippen molar-refractivity contribution < 1.29 is 18.9 Å². The van der Waals surface area contributed by atoms with Gasteiger partial charge in [0.15, 0.2) is 23.0 Å². The van der Waals surface area contributed by atoms with E-state index in [0.717, 1.165) is 42.1 Å². The van der Waals surface area contributed by atoms with Gasteiger partial charge in [0.05, 0.1) is 45.8 Å². The maximum absolute atomic E-state index is 9.91. The van der Waals surface area contributed by atoms with Crippen molar-refractivity contribution >= 4 is 11.8 Å². The molecule has 0 radical (unpaired) electrons. The molecule has 3 aromatic carbocycles. The molecule has 194 valence electrons. The molecule has 0 saturated heterocycles. The summed E-state index contributed by atoms with van der Waals surface area (Å²) < 4.78 is 22.4. The van der Waals surface area contributed by atoms with Crippen LogP contribution in [0.5, 0.6) is 23.0 Å². The number of methoxy groups -OCH3 is 4. The number of hydrogen-bond acceptors (Lipinski definition) is 7. The second-order valence-corrected chi connectivity index (χ2v) is 10.3. The maximum atomic E-state index is 9.91. The molecule has 0 saturated carbocycles. The molecule has 0 bridgehead atoms. The monoisotopic (exact) mass is 518 g/mol. The summed E-state index contributed by atoms with van der Waals surface area (Å²) in [5.74, 6) is 2.83. The molecule has 3 aromatic rings. The minimum absolute atomic E-state index is 0.0212. The Hall–Kier alpha value is -3.34. The van der Waals surface area contributed by atoms with Crippen LogP contribution in [-0.4, -0.2) is 51.7 Å². The Labute approximate surface area is 224 Å². The third-order valence-electron chi connectivity index (χ3n) is 6.82. The predicted molar refractivity (Wildman–Crippen MR) is 147 cm³/mol. The van der Waals surface area contributed by atoms with E-state index in [-0.39, 0.29) is 11.3 Å². The molecular weight excluding hydrogens is 484 g/mol. The van der Waals surface area contributed by atoms with Gasteiger partial charge in [0.1, 0.15) is 0 Å². The molecule has 7 heteroatoms. The summed E-state index contributed by atoms with van der Waals surface area (Å²) in [6.45, 7) is 3.72. The summed E-state index contributed by atoms with van der Waals surface area (Å²) in [4.78, 5) is 3.57. The Balaban J connectivity index is 1.66. The summed E-state index contributed by atoms with van der Waals surface area (Å²) in [5, 5.41) is 9.78. The molecule has 4 rings (SSSR count). The van der Waals surface area contributed by atoms with Gasteiger partial charge in [-0.1, -0.05) is 23.8 Å². The number of rotatable bonds is 10. The molecule has 0 amide bonds. The highest BCUT2D eigenvalue weighted by molar-refractivity contribution is 8.00. The van der Waals surface area contributed by atoms with Gasteiger partial charge in [-0.05, 0) is 72.9 Å². The van der Waals surface area contributed by atoms with Crippen molar-refractivity contribution in [3.63, 3.8) is 0 Å². The van der Waals surface area contributed by atoms with Crippen LogP contribution in [0, 0.1) is 18.3 Å². The second-order valence-electron chi connectivity index (χ2n) is 9.05. The topological polar surface area (TPSA) is 64.0 Å². The molecule has 0 N–H and O–H groups in total. The lowest BCUT2D eigenvalue weighted by Gasteiger charge is -2.38. The molecule has 1 heterocycles. The lowest BCUT2D eigenvalue weighted by Crippen LogP contribution is -2.37. The summed E-state index contributed by atoms with van der Waals surface area (Å²) in [6.07, 6.45) is 1.64. The molecule has 0 aliphatic carbocycles. The lowest BCUT2D eigenvalue weighted by molar-refractivity contribution is 0.211. The number of ether oxygens (including phenoxy) is 4. The van der Waals surface area contributed by atoms with E-state index in [1.54, 1.807) is 40.2 Å². The molecule has 1 aliphatic heterocycles. The van der Waals surface area contributed by atoms with E-state index in [2.05, 4.69) is 60.4 Å². The molecule has 0 fully saturated rings. The van der Waals surface area contributed by atoms with E-state index in [4.69, 9.17) is 18.9 Å². The molecule has 37 heavy (non-hydrogen) atoms. The smallest absolute Gasteiger partial charge is 0.161 e. The Morgan fingerprint density at radius 1 is 0.892 bits per heavy atom. The predicted octanol–water partition coefficient (Wildman–Crippen LogP) is 6.05. The van der Waals surface area contributed by atoms with Crippen molar-refractivity contribution in [1.29, 1.82) is 5.26 Å². The van der Waals surface area contributed by atoms with Crippen molar-refractivity contribution in [3.05, 3.63) is 76.9 Å². The van der Waals surface area contributed by atoms with Crippen LogP contribution in [0.15, 0.2) is 59.5 Å². The van der Waals surface area contributed by atoms with Gasteiger partial charge >= 0.3 is 0 Å². The van der Waals surface area contributed by atoms with Crippen LogP contribution in [0.4, 0.5) is 0 Å². The average molecular weight is 519 g/mol. The second kappa shape index (κ2) is 12.3. The normalized spacial score (nSPS) is 15.8. The Morgan fingerprint density at radius 3 is 2.19 bits per heavy atom. The van der Waals surface area contributed by atoms with Gasteiger partial charge in [-0.25, -0.2) is 0 Å². The van der Waals surface area contributed by atoms with Crippen molar-refractivity contribution in [2.24, 2.45) is 0 Å². The first-order valence-corrected chi connectivity index (χ1v) is 13.2. The van der Waals surface area contributed by atoms with E-state index in [0.29, 0.717) is 17.2 Å². The number of benzene rings is 3. The highest BCUT2D eigenvalue weighted by Crippen LogP contribution is 2.43. The maximum Gasteiger partial charge on any atom is 0.161 e. The van der Waals surface area contributed by atoms with Crippen LogP contribution < -0.4 is 18.9 Å². The minimum atomic E-state index is -0.138. The fourth-order valence-corrected chi connectivity index (χ4v) is 5.76. The Bertz CT molecular complexity index is 1260. The molecule has 6 nitrogen and oxygen atoms in total. The number of aryl methyl sites for hydroxylation is 1. The number of nitriles is 1. The number of thioether (sulfide) groups is 1. The lowest BCUT2D eigenvalue weighted by atomic mass is 9.87. The zero-order valence-electron chi connectivity index (χ0n) is 22.1. The van der Waals surface area contributed by atoms with Crippen molar-refractivity contribution in [2.45, 2.75) is 36.0 Å². The van der Waals surface area contributed by atoms with Gasteiger partial charge in [-0.2, -0.15) is 5.26 Å². The van der Waals surface area contributed by atoms with Crippen LogP contribution in [-0.2, 0) is 6.42 Å². The molecule has 0 spiro atoms. The minimum Gasteiger partial charge on any atom is -0.493 e. The zero-order valence-corrected chi connectivity index (χ0v) is 22.9. The summed E-state index contributed by atoms with van der Waals surface area (Å²) >= 11 is 1.63. The zero-order chi connectivity index (χ0) is 26.4. The van der Waals surface area contributed by atoms with Crippen molar-refractivity contribution in [3.8, 4) is 29.1 Å². The molecule has 2 atom stereocenters. The number of nitrogens with zero attached hydrogens (tertiary/aromatic N) is 2. The van der Waals surface area contributed by atoms with Crippen molar-refractivity contribution in [2.75, 3.05) is 41.5 Å². The summed E-state index contributed by atoms with van der Waals surface area (Å²) in [6, 6.07) is 21.1. The van der Waals surface area contributed by atoms with Crippen LogP contribution in [0.1, 0.15) is 34.7 Å². The van der Waals surface area contributed by atoms with E-state index < -0.39 is 0 Å². The fourth-order valence-electron chi connectivity index (χ4n) is 4.87. The summed E-state index contributed by atoms with van der Waals surface area (Å²) in [5.41, 5.74) is 4.73. The highest BCUT2D eigenvalue weighted by atomic mass is 32.2. The van der Waals surface area contributed by atoms with Crippen LogP contribution in [0.2, 0.25) is 0 Å². The third kappa shape index (κ3) is 5.98. The van der Waals surface area contributed by atoms with Crippen LogP contribution >= 0.6 is 11.8 Å². The standard InChI is InChI=1S/C30H34N2O4S/c1-20-6-9-23(10-7-20)37-24(19-31)13-15-32-14-12-21-16-28(35-4)29(36-5)18-25(21)30(32)22-8-11-26(33-2)27(17-22)34-3/h6-11,16-18,24,30H,12-15H2,1-5H3. The molecule has 2 unspecified atom stereocenters. The van der Waals surface area contributed by atoms with Gasteiger partial charge in [-0.15, -0.1) is 11.8 Å². The van der Waals surface area contributed by atoms with E-state index >= 15 is 0 Å². The molecule has 1 aliphatic rings. The van der Waals surface area contributed by atoms with Gasteiger partial charge in [0.2, 0.25) is 0 Å². The fraction of sp³-hybridized carbons (Fsp3) is 0.367. The van der Waals surface area contributed by atoms with Crippen LogP contribution in [0.25, 0.3) is 0 Å². The molecular formula is C30H34N2O4S. The van der Waals surface area contributed by atoms with Crippen molar-refractivity contribution in [1.82, 2.24) is 4.90 Å². The average Bonchev–Trinajstić information content (AvgIpc) is 2.94. The highest BCUT2D eigenvalue weighted by Gasteiger charge is 2.31. The SMILES string of the molecule is COc1ccc(C2c3cc(OC)c(OC)cc3CCN2CCC(C#N)Sc2ccc(C)cc2)cc1OC. The summed E-state index contributed by atoms with van der Waals surface area (Å²) in [7, 11) is 6.63. The first kappa shape index (κ1) is 26.7. The first-order chi connectivity index (χ1) is 18.0. The quantitative estimate of drug-likeness (QED) is 0.303. The van der Waals surface area contributed by atoms with E-state index in [1.807, 2.05) is 12.1 Å². The number of hydrogen-bond donors (Lipinski definition) is 0. The van der Waals surface area contributed by atoms with Gasteiger partial charge < -0.3 is 18.9 Å². The third-order valence-corrected chi connectivity index (χ3v) is 7.99.